The molecule has 4 heterocycles. The Hall–Kier alpha value is -2.65. The second-order valence-electron chi connectivity index (χ2n) is 6.98. The molecular formula is C19H21N3O5S. The number of amides is 2. The van der Waals surface area contributed by atoms with E-state index >= 15 is 0 Å². The predicted octanol–water partition coefficient (Wildman–Crippen LogP) is 1.18. The normalized spacial score (nSPS) is 21.2. The fraction of sp³-hybridized carbons (Fsp3) is 0.421. The van der Waals surface area contributed by atoms with Gasteiger partial charge in [-0.05, 0) is 31.2 Å². The molecule has 0 radical (unpaired) electrons. The summed E-state index contributed by atoms with van der Waals surface area (Å²) in [5.74, 6) is -1.71. The van der Waals surface area contributed by atoms with E-state index in [1.807, 2.05) is 24.4 Å². The molecule has 1 fully saturated rings. The van der Waals surface area contributed by atoms with Gasteiger partial charge in [0.1, 0.15) is 5.56 Å². The second kappa shape index (κ2) is 7.40. The van der Waals surface area contributed by atoms with Gasteiger partial charge in [-0.2, -0.15) is 0 Å². The Bertz CT molecular complexity index is 969. The summed E-state index contributed by atoms with van der Waals surface area (Å²) < 4.78 is 7.13. The van der Waals surface area contributed by atoms with Crippen LogP contribution in [-0.2, 0) is 17.7 Å². The number of aromatic hydroxyl groups is 1. The zero-order valence-electron chi connectivity index (χ0n) is 15.4. The molecule has 8 nitrogen and oxygen atoms in total. The molecule has 0 spiro atoms. The molecule has 0 saturated carbocycles. The van der Waals surface area contributed by atoms with E-state index < -0.39 is 29.2 Å². The highest BCUT2D eigenvalue weighted by molar-refractivity contribution is 7.09. The number of thiophene rings is 1. The Morgan fingerprint density at radius 3 is 3.00 bits per heavy atom. The van der Waals surface area contributed by atoms with E-state index in [1.54, 1.807) is 16.2 Å². The molecule has 2 aromatic rings. The predicted molar refractivity (Wildman–Crippen MR) is 103 cm³/mol. The van der Waals surface area contributed by atoms with Crippen molar-refractivity contribution >= 4 is 23.2 Å². The van der Waals surface area contributed by atoms with Gasteiger partial charge < -0.3 is 24.6 Å². The molecule has 0 bridgehead atoms. The molecule has 0 aliphatic carbocycles. The number of ether oxygens (including phenoxy) is 1. The van der Waals surface area contributed by atoms with E-state index in [9.17, 15) is 19.5 Å². The highest BCUT2D eigenvalue weighted by atomic mass is 32.1. The van der Waals surface area contributed by atoms with Gasteiger partial charge in [-0.25, -0.2) is 0 Å². The summed E-state index contributed by atoms with van der Waals surface area (Å²) in [6.07, 6.45) is 2.22. The lowest BCUT2D eigenvalue weighted by Gasteiger charge is -2.44. The van der Waals surface area contributed by atoms with Gasteiger partial charge >= 0.3 is 0 Å². The van der Waals surface area contributed by atoms with Crippen molar-refractivity contribution in [2.75, 3.05) is 13.2 Å². The molecule has 2 aliphatic heterocycles. The van der Waals surface area contributed by atoms with E-state index in [2.05, 4.69) is 5.32 Å². The number of hydrogen-bond acceptors (Lipinski definition) is 6. The molecule has 0 aromatic carbocycles. The van der Waals surface area contributed by atoms with Crippen molar-refractivity contribution in [3.63, 3.8) is 0 Å². The molecule has 2 aliphatic rings. The maximum absolute atomic E-state index is 12.8. The molecule has 9 heteroatoms. The summed E-state index contributed by atoms with van der Waals surface area (Å²) in [6.45, 7) is 3.08. The molecule has 2 unspecified atom stereocenters. The van der Waals surface area contributed by atoms with Crippen LogP contribution in [0, 0.1) is 0 Å². The molecule has 28 heavy (non-hydrogen) atoms. The van der Waals surface area contributed by atoms with E-state index in [-0.39, 0.29) is 23.8 Å². The van der Waals surface area contributed by atoms with E-state index in [0.717, 1.165) is 4.88 Å². The van der Waals surface area contributed by atoms with Crippen molar-refractivity contribution in [3.8, 4) is 5.75 Å². The van der Waals surface area contributed by atoms with E-state index in [1.165, 1.54) is 10.8 Å². The third-order valence-electron chi connectivity index (χ3n) is 5.16. The lowest BCUT2D eigenvalue weighted by molar-refractivity contribution is -0.112. The first-order valence-corrected chi connectivity index (χ1v) is 10.1. The van der Waals surface area contributed by atoms with Gasteiger partial charge in [0.05, 0.1) is 13.2 Å². The second-order valence-corrected chi connectivity index (χ2v) is 8.01. The lowest BCUT2D eigenvalue weighted by atomic mass is 10.1. The van der Waals surface area contributed by atoms with Crippen LogP contribution in [0.25, 0.3) is 0 Å². The zero-order chi connectivity index (χ0) is 19.8. The Morgan fingerprint density at radius 1 is 1.43 bits per heavy atom. The molecule has 4 rings (SSSR count). The minimum Gasteiger partial charge on any atom is -0.503 e. The van der Waals surface area contributed by atoms with Crippen LogP contribution in [0.1, 0.15) is 39.1 Å². The summed E-state index contributed by atoms with van der Waals surface area (Å²) in [7, 11) is 0. The molecule has 2 atom stereocenters. The minimum absolute atomic E-state index is 0.0465. The molecule has 2 amide bonds. The fourth-order valence-corrected chi connectivity index (χ4v) is 4.38. The zero-order valence-corrected chi connectivity index (χ0v) is 16.2. The van der Waals surface area contributed by atoms with Crippen LogP contribution in [0.15, 0.2) is 28.5 Å². The van der Waals surface area contributed by atoms with Gasteiger partial charge in [0.2, 0.25) is 5.43 Å². The van der Waals surface area contributed by atoms with Gasteiger partial charge in [0.25, 0.3) is 11.8 Å². The number of fused-ring (bicyclic) bond motifs is 2. The number of nitrogens with one attached hydrogen (secondary N) is 1. The first-order chi connectivity index (χ1) is 13.5. The van der Waals surface area contributed by atoms with Crippen molar-refractivity contribution < 1.29 is 19.4 Å². The Morgan fingerprint density at radius 2 is 2.25 bits per heavy atom. The third-order valence-corrected chi connectivity index (χ3v) is 6.09. The quantitative estimate of drug-likeness (QED) is 0.798. The Kier molecular flexibility index (Phi) is 4.94. The summed E-state index contributed by atoms with van der Waals surface area (Å²) in [5, 5.41) is 15.1. The number of pyridine rings is 1. The number of hydrogen-bond donors (Lipinski definition) is 2. The highest BCUT2D eigenvalue weighted by Crippen LogP contribution is 2.29. The monoisotopic (exact) mass is 403 g/mol. The third kappa shape index (κ3) is 3.20. The van der Waals surface area contributed by atoms with E-state index in [4.69, 9.17) is 4.74 Å². The first kappa shape index (κ1) is 18.7. The minimum atomic E-state index is -0.836. The molecule has 2 N–H and O–H groups in total. The van der Waals surface area contributed by atoms with Gasteiger partial charge in [0, 0.05) is 23.7 Å². The summed E-state index contributed by atoms with van der Waals surface area (Å²) in [6, 6.07) is 3.86. The van der Waals surface area contributed by atoms with Crippen molar-refractivity contribution in [3.05, 3.63) is 50.1 Å². The molecule has 2 aromatic heterocycles. The highest BCUT2D eigenvalue weighted by Gasteiger charge is 2.40. The van der Waals surface area contributed by atoms with Crippen LogP contribution < -0.4 is 10.7 Å². The van der Waals surface area contributed by atoms with Crippen molar-refractivity contribution in [1.29, 1.82) is 0 Å². The first-order valence-electron chi connectivity index (χ1n) is 9.18. The van der Waals surface area contributed by atoms with Crippen molar-refractivity contribution in [2.24, 2.45) is 0 Å². The van der Waals surface area contributed by atoms with Gasteiger partial charge in [-0.1, -0.05) is 6.07 Å². The summed E-state index contributed by atoms with van der Waals surface area (Å²) in [4.78, 5) is 40.6. The van der Waals surface area contributed by atoms with Crippen molar-refractivity contribution in [2.45, 2.75) is 38.6 Å². The van der Waals surface area contributed by atoms with Crippen LogP contribution in [0.3, 0.4) is 0 Å². The van der Waals surface area contributed by atoms with Crippen molar-refractivity contribution in [1.82, 2.24) is 14.8 Å². The standard InChI is InChI=1S/C19H21N3O5S/c1-11-5-7-27-14-10-21-9-13(16(23)17(24)15(21)19(26)22(11)14)18(25)20-6-4-12-3-2-8-28-12/h2-3,8-9,11,14,24H,4-7,10H2,1H3,(H,20,25). The lowest BCUT2D eigenvalue weighted by Crippen LogP contribution is -2.57. The smallest absolute Gasteiger partial charge is 0.276 e. The van der Waals surface area contributed by atoms with Crippen LogP contribution in [0.4, 0.5) is 0 Å². The Labute approximate surface area is 165 Å². The average Bonchev–Trinajstić information content (AvgIpc) is 3.17. The maximum atomic E-state index is 12.8. The van der Waals surface area contributed by atoms with Crippen LogP contribution in [0.5, 0.6) is 5.75 Å². The van der Waals surface area contributed by atoms with Gasteiger partial charge in [-0.3, -0.25) is 14.4 Å². The van der Waals surface area contributed by atoms with Gasteiger partial charge in [-0.15, -0.1) is 11.3 Å². The fourth-order valence-electron chi connectivity index (χ4n) is 3.67. The number of rotatable bonds is 4. The number of nitrogens with zero attached hydrogens (tertiary/aromatic N) is 2. The largest absolute Gasteiger partial charge is 0.503 e. The molecular weight excluding hydrogens is 382 g/mol. The Balaban J connectivity index is 1.59. The number of carbonyl (C=O) groups excluding carboxylic acids is 2. The van der Waals surface area contributed by atoms with Gasteiger partial charge in [0.15, 0.2) is 17.7 Å². The van der Waals surface area contributed by atoms with Crippen LogP contribution >= 0.6 is 11.3 Å². The number of aromatic nitrogens is 1. The van der Waals surface area contributed by atoms with Crippen LogP contribution in [-0.4, -0.2) is 51.8 Å². The maximum Gasteiger partial charge on any atom is 0.276 e. The van der Waals surface area contributed by atoms with E-state index in [0.29, 0.717) is 26.0 Å². The summed E-state index contributed by atoms with van der Waals surface area (Å²) in [5.41, 5.74) is -1.11. The topological polar surface area (TPSA) is 101 Å². The number of carbonyl (C=O) groups is 2. The summed E-state index contributed by atoms with van der Waals surface area (Å²) >= 11 is 1.59. The molecule has 1 saturated heterocycles. The average molecular weight is 403 g/mol. The SMILES string of the molecule is CC1CCOC2Cn3cc(C(=O)NCCc4cccs4)c(=O)c(O)c3C(=O)N12. The van der Waals surface area contributed by atoms with Crippen LogP contribution in [0.2, 0.25) is 0 Å². The molecule has 148 valence electrons.